The Balaban J connectivity index is 1.56. The number of hydrogen-bond donors (Lipinski definition) is 2. The zero-order chi connectivity index (χ0) is 21.3. The van der Waals surface area contributed by atoms with Crippen LogP contribution in [0.4, 0.5) is 11.4 Å². The predicted octanol–water partition coefficient (Wildman–Crippen LogP) is 2.48. The first-order valence-corrected chi connectivity index (χ1v) is 10.4. The van der Waals surface area contributed by atoms with Crippen LogP contribution in [-0.4, -0.2) is 37.9 Å². The Hall–Kier alpha value is -3.33. The molecule has 30 heavy (non-hydrogen) atoms. The van der Waals surface area contributed by atoms with Crippen molar-refractivity contribution in [3.05, 3.63) is 70.6 Å². The van der Waals surface area contributed by atoms with E-state index in [1.165, 1.54) is 9.47 Å². The van der Waals surface area contributed by atoms with Crippen LogP contribution < -0.4 is 15.9 Å². The SMILES string of the molecule is CC1(C)C(=O)Nc2ccccc2N1C(=O)CSc1n[nH]c(=O)n1Cc1ccccc1. The molecule has 0 atom stereocenters. The first-order valence-electron chi connectivity index (χ1n) is 9.43. The third kappa shape index (κ3) is 3.63. The van der Waals surface area contributed by atoms with E-state index in [9.17, 15) is 14.4 Å². The van der Waals surface area contributed by atoms with Gasteiger partial charge in [-0.1, -0.05) is 54.2 Å². The van der Waals surface area contributed by atoms with Crippen LogP contribution in [0.3, 0.4) is 0 Å². The lowest BCUT2D eigenvalue weighted by Gasteiger charge is -2.42. The van der Waals surface area contributed by atoms with Crippen LogP contribution in [0, 0.1) is 0 Å². The van der Waals surface area contributed by atoms with E-state index in [2.05, 4.69) is 15.5 Å². The van der Waals surface area contributed by atoms with Crippen LogP contribution in [-0.2, 0) is 16.1 Å². The Bertz CT molecular complexity index is 1150. The number of para-hydroxylation sites is 2. The van der Waals surface area contributed by atoms with Gasteiger partial charge in [-0.25, -0.2) is 9.89 Å². The minimum atomic E-state index is -1.04. The van der Waals surface area contributed by atoms with Gasteiger partial charge in [-0.05, 0) is 31.5 Å². The summed E-state index contributed by atoms with van der Waals surface area (Å²) >= 11 is 1.16. The van der Waals surface area contributed by atoms with Gasteiger partial charge in [-0.15, -0.1) is 5.10 Å². The largest absolute Gasteiger partial charge is 0.344 e. The smallest absolute Gasteiger partial charge is 0.322 e. The average molecular weight is 423 g/mol. The number of amides is 2. The fourth-order valence-corrected chi connectivity index (χ4v) is 4.20. The van der Waals surface area contributed by atoms with Crippen LogP contribution in [0.15, 0.2) is 64.5 Å². The normalized spacial score (nSPS) is 14.9. The number of hydrogen-bond acceptors (Lipinski definition) is 5. The molecular formula is C21H21N5O3S. The Kier molecular flexibility index (Phi) is 5.21. The van der Waals surface area contributed by atoms with Crippen molar-refractivity contribution in [1.82, 2.24) is 14.8 Å². The second-order valence-electron chi connectivity index (χ2n) is 7.43. The molecule has 2 heterocycles. The third-order valence-electron chi connectivity index (χ3n) is 4.99. The molecule has 0 radical (unpaired) electrons. The highest BCUT2D eigenvalue weighted by Gasteiger charge is 2.43. The van der Waals surface area contributed by atoms with Crippen molar-refractivity contribution in [2.45, 2.75) is 31.1 Å². The van der Waals surface area contributed by atoms with Gasteiger partial charge in [0.25, 0.3) is 0 Å². The molecule has 2 amide bonds. The standard InChI is InChI=1S/C21H21N5O3S/c1-21(2)18(28)22-15-10-6-7-11-16(15)26(21)17(27)13-30-20-24-23-19(29)25(20)12-14-8-4-3-5-9-14/h3-11H,12-13H2,1-2H3,(H,22,28)(H,23,29). The first kappa shape index (κ1) is 20.0. The number of thioether (sulfide) groups is 1. The number of aromatic amines is 1. The molecule has 0 saturated heterocycles. The molecule has 4 rings (SSSR count). The summed E-state index contributed by atoms with van der Waals surface area (Å²) in [4.78, 5) is 39.4. The molecule has 9 heteroatoms. The van der Waals surface area contributed by atoms with Crippen molar-refractivity contribution in [2.75, 3.05) is 16.0 Å². The van der Waals surface area contributed by atoms with Crippen molar-refractivity contribution in [2.24, 2.45) is 0 Å². The van der Waals surface area contributed by atoms with Crippen LogP contribution in [0.2, 0.25) is 0 Å². The first-order chi connectivity index (χ1) is 14.4. The van der Waals surface area contributed by atoms with E-state index in [1.54, 1.807) is 32.0 Å². The Morgan fingerprint density at radius 2 is 1.77 bits per heavy atom. The van der Waals surface area contributed by atoms with Crippen molar-refractivity contribution < 1.29 is 9.59 Å². The summed E-state index contributed by atoms with van der Waals surface area (Å²) in [5.74, 6) is -0.460. The Labute approximate surface area is 177 Å². The number of benzene rings is 2. The van der Waals surface area contributed by atoms with E-state index < -0.39 is 5.54 Å². The van der Waals surface area contributed by atoms with Crippen LogP contribution in [0.1, 0.15) is 19.4 Å². The minimum Gasteiger partial charge on any atom is -0.322 e. The monoisotopic (exact) mass is 423 g/mol. The number of carbonyl (C=O) groups is 2. The summed E-state index contributed by atoms with van der Waals surface area (Å²) in [6.45, 7) is 3.77. The van der Waals surface area contributed by atoms with Gasteiger partial charge >= 0.3 is 5.69 Å². The highest BCUT2D eigenvalue weighted by molar-refractivity contribution is 7.99. The van der Waals surface area contributed by atoms with Crippen molar-refractivity contribution in [3.63, 3.8) is 0 Å². The maximum absolute atomic E-state index is 13.2. The molecule has 1 aliphatic heterocycles. The zero-order valence-corrected chi connectivity index (χ0v) is 17.4. The summed E-state index contributed by atoms with van der Waals surface area (Å²) in [6, 6.07) is 16.8. The van der Waals surface area contributed by atoms with Crippen molar-refractivity contribution in [1.29, 1.82) is 0 Å². The van der Waals surface area contributed by atoms with Gasteiger partial charge in [-0.2, -0.15) is 0 Å². The number of nitrogens with one attached hydrogen (secondary N) is 2. The molecular weight excluding hydrogens is 402 g/mol. The highest BCUT2D eigenvalue weighted by atomic mass is 32.2. The summed E-state index contributed by atoms with van der Waals surface area (Å²) in [5, 5.41) is 9.78. The molecule has 0 unspecified atom stereocenters. The van der Waals surface area contributed by atoms with E-state index in [1.807, 2.05) is 36.4 Å². The Morgan fingerprint density at radius 3 is 2.53 bits per heavy atom. The molecule has 0 bridgehead atoms. The molecule has 0 spiro atoms. The lowest BCUT2D eigenvalue weighted by Crippen LogP contribution is -2.59. The highest BCUT2D eigenvalue weighted by Crippen LogP contribution is 2.37. The average Bonchev–Trinajstić information content (AvgIpc) is 3.07. The lowest BCUT2D eigenvalue weighted by molar-refractivity contribution is -0.125. The summed E-state index contributed by atoms with van der Waals surface area (Å²) in [7, 11) is 0. The van der Waals surface area contributed by atoms with Crippen LogP contribution in [0.25, 0.3) is 0 Å². The second kappa shape index (κ2) is 7.83. The fourth-order valence-electron chi connectivity index (χ4n) is 3.41. The van der Waals surface area contributed by atoms with Crippen LogP contribution >= 0.6 is 11.8 Å². The van der Waals surface area contributed by atoms with E-state index in [-0.39, 0.29) is 23.3 Å². The number of H-pyrrole nitrogens is 1. The van der Waals surface area contributed by atoms with E-state index >= 15 is 0 Å². The van der Waals surface area contributed by atoms with E-state index in [4.69, 9.17) is 0 Å². The molecule has 154 valence electrons. The lowest BCUT2D eigenvalue weighted by atomic mass is 9.96. The molecule has 0 aliphatic carbocycles. The van der Waals surface area contributed by atoms with Gasteiger partial charge in [0.2, 0.25) is 11.8 Å². The molecule has 8 nitrogen and oxygen atoms in total. The van der Waals surface area contributed by atoms with Gasteiger partial charge in [0.15, 0.2) is 5.16 Å². The van der Waals surface area contributed by atoms with Gasteiger partial charge in [0.1, 0.15) is 5.54 Å². The molecule has 2 aromatic carbocycles. The van der Waals surface area contributed by atoms with Gasteiger partial charge in [-0.3, -0.25) is 19.1 Å². The van der Waals surface area contributed by atoms with E-state index in [0.717, 1.165) is 17.3 Å². The quantitative estimate of drug-likeness (QED) is 0.614. The topological polar surface area (TPSA) is 100 Å². The third-order valence-corrected chi connectivity index (χ3v) is 5.95. The minimum absolute atomic E-state index is 0.0319. The number of aromatic nitrogens is 3. The molecule has 3 aromatic rings. The van der Waals surface area contributed by atoms with Crippen molar-refractivity contribution >= 4 is 35.0 Å². The van der Waals surface area contributed by atoms with Gasteiger partial charge in [0.05, 0.1) is 23.7 Å². The molecule has 1 aliphatic rings. The van der Waals surface area contributed by atoms with Gasteiger partial charge in [0, 0.05) is 0 Å². The van der Waals surface area contributed by atoms with Gasteiger partial charge < -0.3 is 5.32 Å². The number of carbonyl (C=O) groups excluding carboxylic acids is 2. The predicted molar refractivity (Wildman–Crippen MR) is 116 cm³/mol. The molecule has 0 saturated carbocycles. The summed E-state index contributed by atoms with van der Waals surface area (Å²) in [5.41, 5.74) is 0.826. The maximum atomic E-state index is 13.2. The number of fused-ring (bicyclic) bond motifs is 1. The fraction of sp³-hybridized carbons (Fsp3) is 0.238. The van der Waals surface area contributed by atoms with Crippen LogP contribution in [0.5, 0.6) is 0 Å². The van der Waals surface area contributed by atoms with Crippen molar-refractivity contribution in [3.8, 4) is 0 Å². The molecule has 1 aromatic heterocycles. The second-order valence-corrected chi connectivity index (χ2v) is 8.37. The number of nitrogens with zero attached hydrogens (tertiary/aromatic N) is 3. The zero-order valence-electron chi connectivity index (χ0n) is 16.6. The number of anilines is 2. The molecule has 0 fully saturated rings. The molecule has 2 N–H and O–H groups in total. The number of rotatable bonds is 5. The van der Waals surface area contributed by atoms with E-state index in [0.29, 0.717) is 23.1 Å². The maximum Gasteiger partial charge on any atom is 0.344 e. The Morgan fingerprint density at radius 1 is 1.07 bits per heavy atom. The summed E-state index contributed by atoms with van der Waals surface area (Å²) < 4.78 is 1.50. The summed E-state index contributed by atoms with van der Waals surface area (Å²) in [6.07, 6.45) is 0.